The Kier molecular flexibility index (Phi) is 5.53. The van der Waals surface area contributed by atoms with Crippen LogP contribution in [0.2, 0.25) is 0 Å². The molecule has 0 aliphatic heterocycles. The minimum atomic E-state index is -0.565. The van der Waals surface area contributed by atoms with Gasteiger partial charge < -0.3 is 4.74 Å². The Morgan fingerprint density at radius 1 is 0.966 bits per heavy atom. The molecule has 6 heteroatoms. The Morgan fingerprint density at radius 2 is 1.66 bits per heavy atom. The second-order valence-electron chi connectivity index (χ2n) is 6.49. The molecule has 0 amide bonds. The fraction of sp³-hybridized carbons (Fsp3) is 0.0870. The summed E-state index contributed by atoms with van der Waals surface area (Å²) in [7, 11) is 0. The van der Waals surface area contributed by atoms with Crippen molar-refractivity contribution in [1.29, 1.82) is 0 Å². The van der Waals surface area contributed by atoms with Crippen molar-refractivity contribution in [1.82, 2.24) is 9.78 Å². The Morgan fingerprint density at radius 3 is 2.45 bits per heavy atom. The van der Waals surface area contributed by atoms with E-state index in [2.05, 4.69) is 21.0 Å². The van der Waals surface area contributed by atoms with E-state index in [0.29, 0.717) is 10.9 Å². The number of esters is 1. The van der Waals surface area contributed by atoms with Crippen LogP contribution in [0.5, 0.6) is 0 Å². The van der Waals surface area contributed by atoms with E-state index in [1.54, 1.807) is 24.3 Å². The van der Waals surface area contributed by atoms with Gasteiger partial charge in [-0.3, -0.25) is 14.3 Å². The second kappa shape index (κ2) is 8.41. The van der Waals surface area contributed by atoms with Gasteiger partial charge in [0.2, 0.25) is 5.43 Å². The molecular weight excluding hydrogens is 432 g/mol. The molecule has 0 radical (unpaired) electrons. The summed E-state index contributed by atoms with van der Waals surface area (Å²) in [6.45, 7) is -0.103. The molecule has 0 aliphatic rings. The van der Waals surface area contributed by atoms with Crippen molar-refractivity contribution in [2.24, 2.45) is 0 Å². The van der Waals surface area contributed by atoms with Crippen molar-refractivity contribution in [2.75, 3.05) is 0 Å². The van der Waals surface area contributed by atoms with Crippen LogP contribution in [-0.4, -0.2) is 15.7 Å². The number of rotatable bonds is 5. The van der Waals surface area contributed by atoms with Gasteiger partial charge in [0, 0.05) is 15.4 Å². The van der Waals surface area contributed by atoms with E-state index >= 15 is 0 Å². The lowest BCUT2D eigenvalue weighted by Gasteiger charge is -2.20. The van der Waals surface area contributed by atoms with Crippen LogP contribution in [0.4, 0.5) is 0 Å². The largest absolute Gasteiger partial charge is 0.451 e. The van der Waals surface area contributed by atoms with Gasteiger partial charge in [0.25, 0.3) is 0 Å². The van der Waals surface area contributed by atoms with E-state index in [4.69, 9.17) is 4.74 Å². The first kappa shape index (κ1) is 19.1. The maximum absolute atomic E-state index is 12.8. The summed E-state index contributed by atoms with van der Waals surface area (Å²) in [5.41, 5.74) is 2.13. The lowest BCUT2D eigenvalue weighted by atomic mass is 10.0. The molecule has 0 aliphatic carbocycles. The second-order valence-corrected chi connectivity index (χ2v) is 7.34. The first-order chi connectivity index (χ1) is 14.1. The monoisotopic (exact) mass is 448 g/mol. The predicted octanol–water partition coefficient (Wildman–Crippen LogP) is 4.49. The summed E-state index contributed by atoms with van der Waals surface area (Å²) in [6.07, 6.45) is 0.655. The van der Waals surface area contributed by atoms with Crippen LogP contribution in [0.1, 0.15) is 17.2 Å². The normalized spacial score (nSPS) is 11.9. The van der Waals surface area contributed by atoms with Crippen molar-refractivity contribution in [3.8, 4) is 0 Å². The fourth-order valence-electron chi connectivity index (χ4n) is 3.20. The number of aromatic nitrogens is 2. The van der Waals surface area contributed by atoms with Gasteiger partial charge in [-0.25, -0.2) is 0 Å². The number of ether oxygens (including phenoxy) is 1. The Balaban J connectivity index is 1.65. The zero-order valence-corrected chi connectivity index (χ0v) is 17.0. The van der Waals surface area contributed by atoms with Crippen LogP contribution in [-0.2, 0) is 16.1 Å². The molecule has 4 rings (SSSR count). The third-order valence-electron chi connectivity index (χ3n) is 4.58. The van der Waals surface area contributed by atoms with Gasteiger partial charge >= 0.3 is 5.97 Å². The third kappa shape index (κ3) is 4.12. The summed E-state index contributed by atoms with van der Waals surface area (Å²) >= 11 is 3.55. The average molecular weight is 449 g/mol. The minimum absolute atomic E-state index is 0.103. The summed E-state index contributed by atoms with van der Waals surface area (Å²) < 4.78 is 8.22. The lowest BCUT2D eigenvalue weighted by Crippen LogP contribution is -2.21. The van der Waals surface area contributed by atoms with Gasteiger partial charge in [-0.2, -0.15) is 5.10 Å². The van der Waals surface area contributed by atoms with Crippen LogP contribution in [0.3, 0.4) is 0 Å². The highest BCUT2D eigenvalue weighted by Crippen LogP contribution is 2.31. The van der Waals surface area contributed by atoms with Crippen LogP contribution in [0.15, 0.2) is 94.3 Å². The van der Waals surface area contributed by atoms with Crippen molar-refractivity contribution in [3.05, 3.63) is 111 Å². The summed E-state index contributed by atoms with van der Waals surface area (Å²) in [5, 5.41) is 4.63. The van der Waals surface area contributed by atoms with E-state index < -0.39 is 12.1 Å². The maximum atomic E-state index is 12.8. The number of carbonyl (C=O) groups is 1. The topological polar surface area (TPSA) is 61.2 Å². The zero-order valence-electron chi connectivity index (χ0n) is 15.4. The van der Waals surface area contributed by atoms with Crippen molar-refractivity contribution in [2.45, 2.75) is 12.6 Å². The van der Waals surface area contributed by atoms with Gasteiger partial charge in [-0.05, 0) is 23.8 Å². The average Bonchev–Trinajstić information content (AvgIpc) is 2.75. The minimum Gasteiger partial charge on any atom is -0.451 e. The van der Waals surface area contributed by atoms with Crippen LogP contribution in [0, 0.1) is 0 Å². The highest BCUT2D eigenvalue weighted by atomic mass is 79.9. The van der Waals surface area contributed by atoms with Gasteiger partial charge in [0.05, 0.1) is 11.7 Å². The Bertz CT molecular complexity index is 1220. The van der Waals surface area contributed by atoms with E-state index in [-0.39, 0.29) is 12.0 Å². The molecule has 0 bridgehead atoms. The third-order valence-corrected chi connectivity index (χ3v) is 5.30. The quantitative estimate of drug-likeness (QED) is 0.422. The first-order valence-electron chi connectivity index (χ1n) is 9.07. The molecule has 5 nitrogen and oxygen atoms in total. The van der Waals surface area contributed by atoms with Gasteiger partial charge in [0.1, 0.15) is 6.54 Å². The first-order valence-corrected chi connectivity index (χ1v) is 9.86. The van der Waals surface area contributed by atoms with E-state index in [1.165, 1.54) is 10.9 Å². The zero-order chi connectivity index (χ0) is 20.2. The molecule has 144 valence electrons. The van der Waals surface area contributed by atoms with Crippen molar-refractivity contribution < 1.29 is 9.53 Å². The number of benzene rings is 3. The Hall–Kier alpha value is -3.25. The molecule has 4 aromatic rings. The van der Waals surface area contributed by atoms with E-state index in [1.807, 2.05) is 54.6 Å². The van der Waals surface area contributed by atoms with Crippen LogP contribution in [0.25, 0.3) is 10.9 Å². The molecule has 0 saturated heterocycles. The molecule has 29 heavy (non-hydrogen) atoms. The molecular formula is C23H17BrN2O3. The Labute approximate surface area is 175 Å². The molecule has 0 N–H and O–H groups in total. The molecule has 0 fully saturated rings. The predicted molar refractivity (Wildman–Crippen MR) is 115 cm³/mol. The molecule has 1 aromatic heterocycles. The van der Waals surface area contributed by atoms with Crippen molar-refractivity contribution >= 4 is 32.8 Å². The number of fused-ring (bicyclic) bond motifs is 1. The SMILES string of the molecule is O=C(Cn1ncc(=O)c2ccccc21)O[C@H](c1ccccc1)c1ccccc1Br. The van der Waals surface area contributed by atoms with Gasteiger partial charge in [-0.1, -0.05) is 76.6 Å². The molecule has 1 heterocycles. The highest BCUT2D eigenvalue weighted by Gasteiger charge is 2.21. The molecule has 1 atom stereocenters. The van der Waals surface area contributed by atoms with E-state index in [9.17, 15) is 9.59 Å². The van der Waals surface area contributed by atoms with Gasteiger partial charge in [0.15, 0.2) is 6.10 Å². The smallest absolute Gasteiger partial charge is 0.328 e. The summed E-state index contributed by atoms with van der Waals surface area (Å²) in [4.78, 5) is 24.8. The molecule has 0 saturated carbocycles. The standard InChI is InChI=1S/C23H17BrN2O3/c24-19-12-6-4-10-17(19)23(16-8-2-1-3-9-16)29-22(28)15-26-20-13-7-5-11-18(20)21(27)14-25-26/h1-14,23H,15H2/t23-/m1/s1. The molecule has 0 spiro atoms. The number of para-hydroxylation sites is 1. The lowest BCUT2D eigenvalue weighted by molar-refractivity contribution is -0.148. The van der Waals surface area contributed by atoms with Crippen LogP contribution >= 0.6 is 15.9 Å². The molecule has 3 aromatic carbocycles. The fourth-order valence-corrected chi connectivity index (χ4v) is 3.70. The number of nitrogens with zero attached hydrogens (tertiary/aromatic N) is 2. The number of carbonyl (C=O) groups excluding carboxylic acids is 1. The molecule has 0 unspecified atom stereocenters. The van der Waals surface area contributed by atoms with Gasteiger partial charge in [-0.15, -0.1) is 0 Å². The van der Waals surface area contributed by atoms with Crippen LogP contribution < -0.4 is 5.43 Å². The van der Waals surface area contributed by atoms with Crippen molar-refractivity contribution in [3.63, 3.8) is 0 Å². The summed E-state index contributed by atoms with van der Waals surface area (Å²) in [5.74, 6) is -0.448. The number of hydrogen-bond donors (Lipinski definition) is 0. The summed E-state index contributed by atoms with van der Waals surface area (Å²) in [6, 6.07) is 24.3. The number of halogens is 1. The van der Waals surface area contributed by atoms with E-state index in [0.717, 1.165) is 15.6 Å². The number of hydrogen-bond acceptors (Lipinski definition) is 4. The highest BCUT2D eigenvalue weighted by molar-refractivity contribution is 9.10. The maximum Gasteiger partial charge on any atom is 0.328 e.